The smallest absolute Gasteiger partial charge is 0.383 e. The van der Waals surface area contributed by atoms with Gasteiger partial charge >= 0.3 is 17.9 Å². The van der Waals surface area contributed by atoms with Crippen molar-refractivity contribution in [3.05, 3.63) is 12.2 Å². The van der Waals surface area contributed by atoms with Crippen LogP contribution < -0.4 is 0 Å². The Balaban J connectivity index is 1.72. The third kappa shape index (κ3) is 1.60. The maximum absolute atomic E-state index is 14.5. The van der Waals surface area contributed by atoms with Gasteiger partial charge in [0.1, 0.15) is 5.60 Å². The van der Waals surface area contributed by atoms with Gasteiger partial charge in [-0.1, -0.05) is 12.2 Å². The van der Waals surface area contributed by atoms with Crippen LogP contribution in [-0.2, 0) is 0 Å². The second-order valence-electron chi connectivity index (χ2n) is 7.58. The van der Waals surface area contributed by atoms with Crippen LogP contribution in [0.2, 0.25) is 0 Å². The van der Waals surface area contributed by atoms with E-state index in [1.165, 1.54) is 0 Å². The highest BCUT2D eigenvalue weighted by molar-refractivity contribution is 5.26. The Hall–Kier alpha value is -0.730. The lowest BCUT2D eigenvalue weighted by molar-refractivity contribution is -0.447. The zero-order valence-electron chi connectivity index (χ0n) is 12.0. The highest BCUT2D eigenvalue weighted by atomic mass is 19.4. The summed E-state index contributed by atoms with van der Waals surface area (Å²) >= 11 is 0. The van der Waals surface area contributed by atoms with Crippen LogP contribution in [-0.4, -0.2) is 38.8 Å². The Morgan fingerprint density at radius 1 is 0.913 bits per heavy atom. The molecule has 3 nitrogen and oxygen atoms in total. The van der Waals surface area contributed by atoms with Gasteiger partial charge < -0.3 is 15.3 Å². The number of halogens is 5. The van der Waals surface area contributed by atoms with E-state index >= 15 is 0 Å². The molecule has 130 valence electrons. The summed E-state index contributed by atoms with van der Waals surface area (Å²) in [7, 11) is 0. The van der Waals surface area contributed by atoms with Crippen LogP contribution in [0.15, 0.2) is 12.2 Å². The minimum atomic E-state index is -5.96. The van der Waals surface area contributed by atoms with Crippen molar-refractivity contribution in [2.24, 2.45) is 35.5 Å². The van der Waals surface area contributed by atoms with E-state index in [2.05, 4.69) is 0 Å². The minimum Gasteiger partial charge on any atom is -0.383 e. The average molecular weight is 340 g/mol. The number of alkyl halides is 5. The monoisotopic (exact) mass is 340 g/mol. The van der Waals surface area contributed by atoms with Crippen LogP contribution >= 0.6 is 0 Å². The van der Waals surface area contributed by atoms with Crippen LogP contribution in [0, 0.1) is 35.5 Å². The average Bonchev–Trinajstić information content (AvgIpc) is 3.14. The third-order valence-corrected chi connectivity index (χ3v) is 6.71. The normalized spacial score (nSPS) is 48.3. The van der Waals surface area contributed by atoms with Crippen molar-refractivity contribution in [1.82, 2.24) is 0 Å². The minimum absolute atomic E-state index is 0.0136. The summed E-state index contributed by atoms with van der Waals surface area (Å²) < 4.78 is 67.0. The predicted octanol–water partition coefficient (Wildman–Crippen LogP) is 2.07. The molecule has 0 spiro atoms. The van der Waals surface area contributed by atoms with Gasteiger partial charge in [0, 0.05) is 0 Å². The van der Waals surface area contributed by atoms with Crippen molar-refractivity contribution in [1.29, 1.82) is 0 Å². The Labute approximate surface area is 128 Å². The first-order valence-corrected chi connectivity index (χ1v) is 7.72. The number of hydrogen-bond acceptors (Lipinski definition) is 3. The molecule has 3 N–H and O–H groups in total. The molecular formula is C15H17F5O3. The van der Waals surface area contributed by atoms with E-state index in [1.807, 2.05) is 12.2 Å². The summed E-state index contributed by atoms with van der Waals surface area (Å²) in [4.78, 5) is 0. The molecule has 4 rings (SSSR count). The van der Waals surface area contributed by atoms with Crippen molar-refractivity contribution in [3.8, 4) is 0 Å². The van der Waals surface area contributed by atoms with Crippen molar-refractivity contribution >= 4 is 0 Å². The number of fused-ring (bicyclic) bond motifs is 9. The predicted molar refractivity (Wildman–Crippen MR) is 67.1 cm³/mol. The molecule has 3 fully saturated rings. The van der Waals surface area contributed by atoms with Gasteiger partial charge in [0.2, 0.25) is 0 Å². The molecule has 0 aromatic rings. The molecule has 0 saturated heterocycles. The Kier molecular flexibility index (Phi) is 2.80. The Morgan fingerprint density at radius 3 is 2.04 bits per heavy atom. The molecule has 0 aliphatic heterocycles. The van der Waals surface area contributed by atoms with E-state index in [-0.39, 0.29) is 36.0 Å². The van der Waals surface area contributed by atoms with E-state index < -0.39 is 35.8 Å². The topological polar surface area (TPSA) is 60.7 Å². The molecule has 3 saturated carbocycles. The molecule has 4 aliphatic rings. The summed E-state index contributed by atoms with van der Waals surface area (Å²) in [6.07, 6.45) is -1.57. The molecule has 0 heterocycles. The highest BCUT2D eigenvalue weighted by Crippen LogP contribution is 2.71. The van der Waals surface area contributed by atoms with E-state index in [1.54, 1.807) is 0 Å². The van der Waals surface area contributed by atoms with Crippen molar-refractivity contribution in [3.63, 3.8) is 0 Å². The number of allylic oxidation sites excluding steroid dienone is 2. The standard InChI is InChI=1S/C15H17F5O3/c16-13(17,14(22,23)15(18,19)20)12(21)5-8-4-9(12)11-7-2-1-6(3-7)10(8)11/h1-2,6-11,21-23H,3-5H2. The van der Waals surface area contributed by atoms with Gasteiger partial charge in [0.25, 0.3) is 0 Å². The highest BCUT2D eigenvalue weighted by Gasteiger charge is 2.82. The van der Waals surface area contributed by atoms with Gasteiger partial charge in [0.05, 0.1) is 0 Å². The van der Waals surface area contributed by atoms with Gasteiger partial charge in [-0.15, -0.1) is 0 Å². The number of aliphatic hydroxyl groups is 3. The van der Waals surface area contributed by atoms with Gasteiger partial charge in [-0.05, 0) is 54.8 Å². The van der Waals surface area contributed by atoms with E-state index in [4.69, 9.17) is 10.2 Å². The maximum atomic E-state index is 14.5. The van der Waals surface area contributed by atoms with E-state index in [9.17, 15) is 27.1 Å². The summed E-state index contributed by atoms with van der Waals surface area (Å²) in [5.41, 5.74) is -3.05. The Bertz CT molecular complexity index is 572. The molecule has 7 atom stereocenters. The Morgan fingerprint density at radius 2 is 1.48 bits per heavy atom. The quantitative estimate of drug-likeness (QED) is 0.312. The molecule has 8 heteroatoms. The van der Waals surface area contributed by atoms with Crippen molar-refractivity contribution in [2.45, 2.75) is 42.7 Å². The molecular weight excluding hydrogens is 323 g/mol. The summed E-state index contributed by atoms with van der Waals surface area (Å²) in [6, 6.07) is 0. The zero-order chi connectivity index (χ0) is 17.0. The molecule has 0 aromatic carbocycles. The molecule has 0 amide bonds. The van der Waals surface area contributed by atoms with E-state index in [0.717, 1.165) is 6.42 Å². The second kappa shape index (κ2) is 4.08. The lowest BCUT2D eigenvalue weighted by Gasteiger charge is -2.49. The van der Waals surface area contributed by atoms with Gasteiger partial charge in [-0.3, -0.25) is 0 Å². The summed E-state index contributed by atoms with van der Waals surface area (Å²) in [5.74, 6) is -11.6. The molecule has 0 aromatic heterocycles. The lowest BCUT2D eigenvalue weighted by Crippen LogP contribution is -2.71. The molecule has 4 bridgehead atoms. The maximum Gasteiger partial charge on any atom is 0.449 e. The van der Waals surface area contributed by atoms with E-state index in [0.29, 0.717) is 0 Å². The molecule has 23 heavy (non-hydrogen) atoms. The van der Waals surface area contributed by atoms with Crippen LogP contribution in [0.4, 0.5) is 22.0 Å². The molecule has 0 radical (unpaired) electrons. The fourth-order valence-electron chi connectivity index (χ4n) is 5.89. The fourth-order valence-corrected chi connectivity index (χ4v) is 5.89. The zero-order valence-corrected chi connectivity index (χ0v) is 12.0. The number of rotatable bonds is 2. The first kappa shape index (κ1) is 15.8. The lowest BCUT2D eigenvalue weighted by atomic mass is 9.64. The van der Waals surface area contributed by atoms with Gasteiger partial charge in [-0.2, -0.15) is 22.0 Å². The van der Waals surface area contributed by atoms with Crippen LogP contribution in [0.1, 0.15) is 19.3 Å². The van der Waals surface area contributed by atoms with Crippen molar-refractivity contribution < 1.29 is 37.3 Å². The van der Waals surface area contributed by atoms with Gasteiger partial charge in [-0.25, -0.2) is 0 Å². The first-order valence-electron chi connectivity index (χ1n) is 7.72. The van der Waals surface area contributed by atoms with Crippen molar-refractivity contribution in [2.75, 3.05) is 0 Å². The third-order valence-electron chi connectivity index (χ3n) is 6.71. The second-order valence-corrected chi connectivity index (χ2v) is 7.58. The van der Waals surface area contributed by atoms with Crippen LogP contribution in [0.25, 0.3) is 0 Å². The molecule has 7 unspecified atom stereocenters. The fraction of sp³-hybridized carbons (Fsp3) is 0.867. The SMILES string of the molecule is OC1(C(F)(F)C(O)(O)C(F)(F)F)CC2CC1C1C3C=CC(C3)C21. The van der Waals surface area contributed by atoms with Crippen LogP contribution in [0.3, 0.4) is 0 Å². The molecule has 4 aliphatic carbocycles. The summed E-state index contributed by atoms with van der Waals surface area (Å²) in [5, 5.41) is 28.7. The first-order chi connectivity index (χ1) is 10.4. The largest absolute Gasteiger partial charge is 0.449 e. The van der Waals surface area contributed by atoms with Gasteiger partial charge in [0.15, 0.2) is 0 Å². The summed E-state index contributed by atoms with van der Waals surface area (Å²) in [6.45, 7) is 0. The number of hydrogen-bond donors (Lipinski definition) is 3. The van der Waals surface area contributed by atoms with Crippen LogP contribution in [0.5, 0.6) is 0 Å².